The van der Waals surface area contributed by atoms with Gasteiger partial charge in [0.15, 0.2) is 0 Å². The smallest absolute Gasteiger partial charge is 0.251 e. The van der Waals surface area contributed by atoms with Gasteiger partial charge in [-0.05, 0) is 37.5 Å². The Morgan fingerprint density at radius 1 is 1.42 bits per heavy atom. The van der Waals surface area contributed by atoms with Gasteiger partial charge in [0.1, 0.15) is 5.75 Å². The summed E-state index contributed by atoms with van der Waals surface area (Å²) in [7, 11) is 0. The van der Waals surface area contributed by atoms with Crippen molar-refractivity contribution in [2.45, 2.75) is 27.2 Å². The fraction of sp³-hybridized carbons (Fsp3) is 0.438. The van der Waals surface area contributed by atoms with E-state index in [1.165, 1.54) is 0 Å². The average Bonchev–Trinajstić information content (AvgIpc) is 2.41. The van der Waals surface area contributed by atoms with E-state index in [0.717, 1.165) is 12.2 Å². The number of rotatable bonds is 7. The van der Waals surface area contributed by atoms with Gasteiger partial charge in [0.2, 0.25) is 0 Å². The third kappa shape index (κ3) is 6.09. The van der Waals surface area contributed by atoms with Crippen LogP contribution in [0.3, 0.4) is 0 Å². The van der Waals surface area contributed by atoms with Crippen molar-refractivity contribution in [3.05, 3.63) is 42.0 Å². The summed E-state index contributed by atoms with van der Waals surface area (Å²) >= 11 is 0. The largest absolute Gasteiger partial charge is 0.493 e. The van der Waals surface area contributed by atoms with Crippen molar-refractivity contribution < 1.29 is 9.53 Å². The van der Waals surface area contributed by atoms with E-state index in [0.29, 0.717) is 24.6 Å². The molecule has 0 aliphatic carbocycles. The second-order valence-electron chi connectivity index (χ2n) is 4.85. The number of carbonyl (C=O) groups is 1. The molecule has 0 fully saturated rings. The monoisotopic (exact) mass is 261 g/mol. The number of hydrogen-bond acceptors (Lipinski definition) is 2. The normalized spacial score (nSPS) is 10.9. The molecule has 0 spiro atoms. The van der Waals surface area contributed by atoms with Gasteiger partial charge in [-0.15, -0.1) is 0 Å². The van der Waals surface area contributed by atoms with Gasteiger partial charge in [-0.2, -0.15) is 0 Å². The van der Waals surface area contributed by atoms with E-state index in [9.17, 15) is 4.79 Å². The van der Waals surface area contributed by atoms with E-state index in [2.05, 4.69) is 19.2 Å². The van der Waals surface area contributed by atoms with E-state index >= 15 is 0 Å². The molecule has 1 aromatic carbocycles. The molecule has 0 bridgehead atoms. The van der Waals surface area contributed by atoms with Gasteiger partial charge < -0.3 is 10.1 Å². The minimum atomic E-state index is -0.0560. The first-order valence-electron chi connectivity index (χ1n) is 6.75. The predicted octanol–water partition coefficient (Wildman–Crippen LogP) is 3.42. The second kappa shape index (κ2) is 8.35. The number of ether oxygens (including phenoxy) is 1. The molecule has 0 unspecified atom stereocenters. The molecule has 1 rings (SSSR count). The lowest BCUT2D eigenvalue weighted by Crippen LogP contribution is -2.24. The minimum Gasteiger partial charge on any atom is -0.493 e. The maximum Gasteiger partial charge on any atom is 0.251 e. The number of benzene rings is 1. The molecule has 0 radical (unpaired) electrons. The van der Waals surface area contributed by atoms with Crippen LogP contribution in [-0.2, 0) is 0 Å². The van der Waals surface area contributed by atoms with Crippen LogP contribution in [0.15, 0.2) is 36.4 Å². The van der Waals surface area contributed by atoms with Crippen molar-refractivity contribution in [2.24, 2.45) is 5.92 Å². The highest BCUT2D eigenvalue weighted by Gasteiger charge is 2.06. The first-order chi connectivity index (χ1) is 9.13. The molecule has 0 atom stereocenters. The van der Waals surface area contributed by atoms with Crippen LogP contribution < -0.4 is 10.1 Å². The number of carbonyl (C=O) groups excluding carboxylic acids is 1. The first kappa shape index (κ1) is 15.3. The zero-order chi connectivity index (χ0) is 14.1. The van der Waals surface area contributed by atoms with Crippen LogP contribution in [0.25, 0.3) is 0 Å². The van der Waals surface area contributed by atoms with E-state index in [1.54, 1.807) is 12.1 Å². The Morgan fingerprint density at radius 2 is 2.21 bits per heavy atom. The number of nitrogens with one attached hydrogen (secondary N) is 1. The molecule has 1 aromatic rings. The van der Waals surface area contributed by atoms with Gasteiger partial charge in [-0.25, -0.2) is 0 Å². The fourth-order valence-electron chi connectivity index (χ4n) is 1.53. The quantitative estimate of drug-likeness (QED) is 0.603. The van der Waals surface area contributed by atoms with Gasteiger partial charge in [0.25, 0.3) is 5.91 Å². The molecule has 0 aromatic heterocycles. The Labute approximate surface area is 115 Å². The molecule has 0 saturated heterocycles. The number of amides is 1. The molecular formula is C16H23NO2. The predicted molar refractivity (Wildman–Crippen MR) is 78.5 cm³/mol. The molecule has 0 heterocycles. The summed E-state index contributed by atoms with van der Waals surface area (Å²) in [5.74, 6) is 1.16. The summed E-state index contributed by atoms with van der Waals surface area (Å²) in [4.78, 5) is 11.9. The van der Waals surface area contributed by atoms with Gasteiger partial charge in [-0.3, -0.25) is 4.79 Å². The maximum absolute atomic E-state index is 11.9. The lowest BCUT2D eigenvalue weighted by molar-refractivity contribution is 0.0954. The van der Waals surface area contributed by atoms with Crippen molar-refractivity contribution >= 4 is 5.91 Å². The van der Waals surface area contributed by atoms with Gasteiger partial charge in [-0.1, -0.05) is 32.1 Å². The summed E-state index contributed by atoms with van der Waals surface area (Å²) in [5.41, 5.74) is 0.640. The lowest BCUT2D eigenvalue weighted by atomic mass is 10.2. The van der Waals surface area contributed by atoms with Crippen molar-refractivity contribution in [1.29, 1.82) is 0 Å². The number of allylic oxidation sites excluding steroid dienone is 1. The highest BCUT2D eigenvalue weighted by atomic mass is 16.5. The Balaban J connectivity index is 2.52. The summed E-state index contributed by atoms with van der Waals surface area (Å²) < 4.78 is 5.61. The van der Waals surface area contributed by atoms with Crippen LogP contribution >= 0.6 is 0 Å². The molecular weight excluding hydrogens is 238 g/mol. The zero-order valence-corrected chi connectivity index (χ0v) is 12.0. The Bertz CT molecular complexity index is 425. The zero-order valence-electron chi connectivity index (χ0n) is 12.0. The molecule has 0 aliphatic heterocycles. The molecule has 104 valence electrons. The van der Waals surface area contributed by atoms with Crippen molar-refractivity contribution in [1.82, 2.24) is 5.32 Å². The minimum absolute atomic E-state index is 0.0560. The van der Waals surface area contributed by atoms with Crippen LogP contribution in [0.2, 0.25) is 0 Å². The number of hydrogen-bond donors (Lipinski definition) is 1. The Hall–Kier alpha value is -1.77. The van der Waals surface area contributed by atoms with E-state index < -0.39 is 0 Å². The SMILES string of the molecule is C/C=C/CCNC(=O)c1cccc(OCC(C)C)c1. The standard InChI is InChI=1S/C16H23NO2/c1-4-5-6-10-17-16(18)14-8-7-9-15(11-14)19-12-13(2)3/h4-5,7-9,11,13H,6,10,12H2,1-3H3,(H,17,18)/b5-4+. The van der Waals surface area contributed by atoms with Crippen LogP contribution in [0.4, 0.5) is 0 Å². The molecule has 19 heavy (non-hydrogen) atoms. The van der Waals surface area contributed by atoms with E-state index in [1.807, 2.05) is 31.2 Å². The molecule has 1 amide bonds. The Kier molecular flexibility index (Phi) is 6.72. The van der Waals surface area contributed by atoms with Gasteiger partial charge in [0.05, 0.1) is 6.61 Å². The topological polar surface area (TPSA) is 38.3 Å². The lowest BCUT2D eigenvalue weighted by Gasteiger charge is -2.10. The summed E-state index contributed by atoms with van der Waals surface area (Å²) in [6.07, 6.45) is 4.86. The maximum atomic E-state index is 11.9. The molecule has 3 nitrogen and oxygen atoms in total. The van der Waals surface area contributed by atoms with Crippen LogP contribution in [-0.4, -0.2) is 19.1 Å². The Morgan fingerprint density at radius 3 is 2.89 bits per heavy atom. The van der Waals surface area contributed by atoms with Crippen molar-refractivity contribution in [3.63, 3.8) is 0 Å². The average molecular weight is 261 g/mol. The molecule has 3 heteroatoms. The summed E-state index contributed by atoms with van der Waals surface area (Å²) in [6, 6.07) is 7.30. The van der Waals surface area contributed by atoms with Crippen LogP contribution in [0.5, 0.6) is 5.75 Å². The first-order valence-corrected chi connectivity index (χ1v) is 6.75. The third-order valence-electron chi connectivity index (χ3n) is 2.51. The van der Waals surface area contributed by atoms with Crippen LogP contribution in [0, 0.1) is 5.92 Å². The molecule has 0 saturated carbocycles. The van der Waals surface area contributed by atoms with E-state index in [-0.39, 0.29) is 5.91 Å². The summed E-state index contributed by atoms with van der Waals surface area (Å²) in [6.45, 7) is 7.47. The van der Waals surface area contributed by atoms with Gasteiger partial charge >= 0.3 is 0 Å². The highest BCUT2D eigenvalue weighted by molar-refractivity contribution is 5.94. The van der Waals surface area contributed by atoms with E-state index in [4.69, 9.17) is 4.74 Å². The molecule has 0 aliphatic rings. The third-order valence-corrected chi connectivity index (χ3v) is 2.51. The molecule has 1 N–H and O–H groups in total. The van der Waals surface area contributed by atoms with Crippen molar-refractivity contribution in [2.75, 3.05) is 13.2 Å². The second-order valence-corrected chi connectivity index (χ2v) is 4.85. The van der Waals surface area contributed by atoms with Crippen molar-refractivity contribution in [3.8, 4) is 5.75 Å². The van der Waals surface area contributed by atoms with Crippen LogP contribution in [0.1, 0.15) is 37.6 Å². The fourth-order valence-corrected chi connectivity index (χ4v) is 1.53. The van der Waals surface area contributed by atoms with Gasteiger partial charge in [0, 0.05) is 12.1 Å². The highest BCUT2D eigenvalue weighted by Crippen LogP contribution is 2.14. The summed E-state index contributed by atoms with van der Waals surface area (Å²) in [5, 5.41) is 2.88.